The fourth-order valence-corrected chi connectivity index (χ4v) is 4.98. The molecule has 1 fully saturated rings. The van der Waals surface area contributed by atoms with Gasteiger partial charge in [0.1, 0.15) is 5.82 Å². The predicted octanol–water partition coefficient (Wildman–Crippen LogP) is 5.11. The second-order valence-electron chi connectivity index (χ2n) is 9.61. The van der Waals surface area contributed by atoms with Gasteiger partial charge < -0.3 is 10.2 Å². The average molecular weight is 472 g/mol. The summed E-state index contributed by atoms with van der Waals surface area (Å²) in [4.78, 5) is 20.0. The van der Waals surface area contributed by atoms with Gasteiger partial charge in [0.05, 0.1) is 23.0 Å². The minimum Gasteiger partial charge on any atom is -0.349 e. The monoisotopic (exact) mass is 471 g/mol. The predicted molar refractivity (Wildman–Crippen MR) is 136 cm³/mol. The van der Waals surface area contributed by atoms with Crippen LogP contribution in [0, 0.1) is 12.7 Å². The lowest BCUT2D eigenvalue weighted by Gasteiger charge is -2.32. The molecule has 1 N–H and O–H groups in total. The molecule has 0 saturated heterocycles. The van der Waals surface area contributed by atoms with Crippen LogP contribution < -0.4 is 5.32 Å². The van der Waals surface area contributed by atoms with Crippen molar-refractivity contribution in [2.24, 2.45) is 0 Å². The molecule has 5 rings (SSSR count). The number of nitrogens with one attached hydrogen (secondary N) is 1. The van der Waals surface area contributed by atoms with Gasteiger partial charge in [-0.3, -0.25) is 9.78 Å². The van der Waals surface area contributed by atoms with Gasteiger partial charge in [-0.1, -0.05) is 6.07 Å². The molecule has 180 valence electrons. The number of hydrogen-bond acceptors (Lipinski definition) is 4. The first kappa shape index (κ1) is 23.2. The lowest BCUT2D eigenvalue weighted by Crippen LogP contribution is -2.41. The van der Waals surface area contributed by atoms with Crippen molar-refractivity contribution in [1.82, 2.24) is 24.8 Å². The van der Waals surface area contributed by atoms with Crippen LogP contribution in [-0.4, -0.2) is 51.6 Å². The molecule has 1 amide bonds. The van der Waals surface area contributed by atoms with E-state index in [1.54, 1.807) is 29.9 Å². The van der Waals surface area contributed by atoms with Crippen LogP contribution in [0.1, 0.15) is 41.6 Å². The standard InChI is InChI=1S/C28H30FN5O/c1-18-15-20(6-11-25(18)29)27-23(5-4-13-30-27)19-12-14-34-26(16-19)24(17-31-34)28(35)32-21-7-9-22(10-8-21)33(2)3/h4-6,11-17,21-22H,7-10H2,1-3H3,(H,32,35). The third kappa shape index (κ3) is 4.68. The molecule has 4 aromatic rings. The number of nitrogens with zero attached hydrogens (tertiary/aromatic N) is 4. The molecule has 35 heavy (non-hydrogen) atoms. The van der Waals surface area contributed by atoms with E-state index in [0.29, 0.717) is 17.2 Å². The molecular formula is C28H30FN5O. The normalized spacial score (nSPS) is 18.2. The fourth-order valence-electron chi connectivity index (χ4n) is 4.98. The molecule has 1 aliphatic rings. The average Bonchev–Trinajstić information content (AvgIpc) is 3.29. The fraction of sp³-hybridized carbons (Fsp3) is 0.321. The van der Waals surface area contributed by atoms with E-state index in [9.17, 15) is 9.18 Å². The summed E-state index contributed by atoms with van der Waals surface area (Å²) in [6, 6.07) is 13.6. The molecular weight excluding hydrogens is 441 g/mol. The van der Waals surface area contributed by atoms with E-state index < -0.39 is 0 Å². The first-order chi connectivity index (χ1) is 16.9. The number of amides is 1. The van der Waals surface area contributed by atoms with E-state index >= 15 is 0 Å². The molecule has 1 aliphatic carbocycles. The smallest absolute Gasteiger partial charge is 0.255 e. The second-order valence-corrected chi connectivity index (χ2v) is 9.61. The van der Waals surface area contributed by atoms with Gasteiger partial charge in [0.15, 0.2) is 0 Å². The van der Waals surface area contributed by atoms with Gasteiger partial charge in [-0.05, 0) is 94.2 Å². The lowest BCUT2D eigenvalue weighted by atomic mass is 9.90. The van der Waals surface area contributed by atoms with E-state index in [-0.39, 0.29) is 17.8 Å². The molecule has 7 heteroatoms. The zero-order valence-corrected chi connectivity index (χ0v) is 20.3. The summed E-state index contributed by atoms with van der Waals surface area (Å²) in [6.07, 6.45) is 9.36. The van der Waals surface area contributed by atoms with Crippen LogP contribution >= 0.6 is 0 Å². The Morgan fingerprint density at radius 2 is 1.89 bits per heavy atom. The Morgan fingerprint density at radius 1 is 1.09 bits per heavy atom. The number of aryl methyl sites for hydroxylation is 1. The highest BCUT2D eigenvalue weighted by atomic mass is 19.1. The maximum absolute atomic E-state index is 13.8. The molecule has 0 bridgehead atoms. The van der Waals surface area contributed by atoms with Crippen molar-refractivity contribution < 1.29 is 9.18 Å². The highest BCUT2D eigenvalue weighted by molar-refractivity contribution is 6.01. The first-order valence-corrected chi connectivity index (χ1v) is 12.1. The highest BCUT2D eigenvalue weighted by Crippen LogP contribution is 2.32. The lowest BCUT2D eigenvalue weighted by molar-refractivity contribution is 0.0918. The molecule has 3 heterocycles. The van der Waals surface area contributed by atoms with Gasteiger partial charge in [-0.2, -0.15) is 5.10 Å². The molecule has 1 aromatic carbocycles. The minimum atomic E-state index is -0.238. The minimum absolute atomic E-state index is 0.0916. The number of hydrogen-bond donors (Lipinski definition) is 1. The summed E-state index contributed by atoms with van der Waals surface area (Å²) in [7, 11) is 4.23. The molecule has 3 aromatic heterocycles. The van der Waals surface area contributed by atoms with Crippen LogP contribution in [0.3, 0.4) is 0 Å². The largest absolute Gasteiger partial charge is 0.349 e. The Kier molecular flexibility index (Phi) is 6.34. The van der Waals surface area contributed by atoms with Gasteiger partial charge in [0.2, 0.25) is 0 Å². The topological polar surface area (TPSA) is 62.5 Å². The number of pyridine rings is 2. The number of carbonyl (C=O) groups excluding carboxylic acids is 1. The highest BCUT2D eigenvalue weighted by Gasteiger charge is 2.25. The Morgan fingerprint density at radius 3 is 2.63 bits per heavy atom. The van der Waals surface area contributed by atoms with Crippen LogP contribution in [0.2, 0.25) is 0 Å². The number of rotatable bonds is 5. The zero-order chi connectivity index (χ0) is 24.5. The number of benzene rings is 1. The third-order valence-corrected chi connectivity index (χ3v) is 7.08. The van der Waals surface area contributed by atoms with Crippen molar-refractivity contribution in [2.75, 3.05) is 14.1 Å². The van der Waals surface area contributed by atoms with E-state index in [1.807, 2.05) is 36.5 Å². The molecule has 0 unspecified atom stereocenters. The van der Waals surface area contributed by atoms with Crippen molar-refractivity contribution >= 4 is 11.4 Å². The molecule has 0 aliphatic heterocycles. The second kappa shape index (κ2) is 9.58. The van der Waals surface area contributed by atoms with Crippen molar-refractivity contribution in [3.63, 3.8) is 0 Å². The third-order valence-electron chi connectivity index (χ3n) is 7.08. The van der Waals surface area contributed by atoms with Gasteiger partial charge in [0.25, 0.3) is 5.91 Å². The molecule has 1 saturated carbocycles. The number of aromatic nitrogens is 3. The number of halogens is 1. The van der Waals surface area contributed by atoms with Gasteiger partial charge >= 0.3 is 0 Å². The molecule has 0 spiro atoms. The van der Waals surface area contributed by atoms with Crippen LogP contribution in [0.15, 0.2) is 61.1 Å². The summed E-state index contributed by atoms with van der Waals surface area (Å²) in [5.74, 6) is -0.330. The zero-order valence-electron chi connectivity index (χ0n) is 20.3. The van der Waals surface area contributed by atoms with Crippen molar-refractivity contribution in [3.8, 4) is 22.4 Å². The Labute approximate surface area is 204 Å². The molecule has 6 nitrogen and oxygen atoms in total. The quantitative estimate of drug-likeness (QED) is 0.439. The maximum atomic E-state index is 13.8. The number of fused-ring (bicyclic) bond motifs is 1. The van der Waals surface area contributed by atoms with Crippen molar-refractivity contribution in [2.45, 2.75) is 44.7 Å². The van der Waals surface area contributed by atoms with Gasteiger partial charge in [-0.15, -0.1) is 0 Å². The maximum Gasteiger partial charge on any atom is 0.255 e. The summed E-state index contributed by atoms with van der Waals surface area (Å²) in [5, 5.41) is 7.62. The van der Waals surface area contributed by atoms with E-state index in [1.165, 1.54) is 6.07 Å². The van der Waals surface area contributed by atoms with Crippen molar-refractivity contribution in [1.29, 1.82) is 0 Å². The summed E-state index contributed by atoms with van der Waals surface area (Å²) < 4.78 is 15.6. The van der Waals surface area contributed by atoms with E-state index in [2.05, 4.69) is 34.4 Å². The Hall–Kier alpha value is -3.58. The Bertz CT molecular complexity index is 1370. The molecule has 0 atom stereocenters. The van der Waals surface area contributed by atoms with Crippen LogP contribution in [0.4, 0.5) is 4.39 Å². The summed E-state index contributed by atoms with van der Waals surface area (Å²) in [6.45, 7) is 1.75. The SMILES string of the molecule is Cc1cc(-c2ncccc2-c2ccn3ncc(C(=O)NC4CCC(N(C)C)CC4)c3c2)ccc1F. The number of carbonyl (C=O) groups is 1. The molecule has 0 radical (unpaired) electrons. The van der Waals surface area contributed by atoms with E-state index in [4.69, 9.17) is 0 Å². The van der Waals surface area contributed by atoms with Gasteiger partial charge in [0, 0.05) is 35.6 Å². The van der Waals surface area contributed by atoms with E-state index in [0.717, 1.165) is 53.6 Å². The van der Waals surface area contributed by atoms with Crippen LogP contribution in [0.5, 0.6) is 0 Å². The van der Waals surface area contributed by atoms with Crippen LogP contribution in [0.25, 0.3) is 27.9 Å². The van der Waals surface area contributed by atoms with Crippen LogP contribution in [-0.2, 0) is 0 Å². The first-order valence-electron chi connectivity index (χ1n) is 12.1. The Balaban J connectivity index is 1.44. The summed E-state index contributed by atoms with van der Waals surface area (Å²) >= 11 is 0. The summed E-state index contributed by atoms with van der Waals surface area (Å²) in [5.41, 5.74) is 5.32. The van der Waals surface area contributed by atoms with Gasteiger partial charge in [-0.25, -0.2) is 8.91 Å². The van der Waals surface area contributed by atoms with Crippen molar-refractivity contribution in [3.05, 3.63) is 78.0 Å².